The molecule has 2 N–H and O–H groups in total. The molecule has 1 atom stereocenters. The molecule has 16 heavy (non-hydrogen) atoms. The van der Waals surface area contributed by atoms with E-state index in [2.05, 4.69) is 15.6 Å². The lowest BCUT2D eigenvalue weighted by Gasteiger charge is -2.09. The predicted octanol–water partition coefficient (Wildman–Crippen LogP) is 0.738. The molecule has 0 saturated carbocycles. The fourth-order valence-corrected chi connectivity index (χ4v) is 1.21. The Labute approximate surface area is 93.0 Å². The van der Waals surface area contributed by atoms with Gasteiger partial charge < -0.3 is 9.47 Å². The first-order valence-electron chi connectivity index (χ1n) is 4.89. The fourth-order valence-electron chi connectivity index (χ4n) is 1.21. The van der Waals surface area contributed by atoms with Crippen molar-refractivity contribution < 1.29 is 14.3 Å². The van der Waals surface area contributed by atoms with Crippen LogP contribution in [0.3, 0.4) is 0 Å². The number of aromatic nitrogens is 1. The normalized spacial score (nSPS) is 19.4. The Kier molecular flexibility index (Phi) is 3.68. The number of pyridine rings is 1. The van der Waals surface area contributed by atoms with Crippen molar-refractivity contribution in [1.82, 2.24) is 10.3 Å². The minimum absolute atomic E-state index is 0.0227. The molecule has 2 heterocycles. The number of nitrogens with one attached hydrogen (secondary N) is 2. The maximum atomic E-state index is 11.3. The Morgan fingerprint density at radius 3 is 3.31 bits per heavy atom. The molecular formula is C10H12N3O3. The van der Waals surface area contributed by atoms with Crippen molar-refractivity contribution in [1.29, 1.82) is 0 Å². The Bertz CT molecular complexity index is 338. The first kappa shape index (κ1) is 10.8. The first-order chi connectivity index (χ1) is 7.84. The van der Waals surface area contributed by atoms with Crippen molar-refractivity contribution in [3.8, 4) is 0 Å². The molecule has 1 fully saturated rings. The van der Waals surface area contributed by atoms with E-state index in [9.17, 15) is 4.79 Å². The Morgan fingerprint density at radius 1 is 1.69 bits per heavy atom. The quantitative estimate of drug-likeness (QED) is 0.789. The number of carbonyl (C=O) groups excluding carboxylic acids is 1. The highest BCUT2D eigenvalue weighted by molar-refractivity contribution is 5.83. The van der Waals surface area contributed by atoms with Gasteiger partial charge >= 0.3 is 6.09 Å². The topological polar surface area (TPSA) is 72.5 Å². The van der Waals surface area contributed by atoms with E-state index in [-0.39, 0.29) is 12.6 Å². The summed E-state index contributed by atoms with van der Waals surface area (Å²) in [5.41, 5.74) is 0. The third kappa shape index (κ3) is 3.18. The van der Waals surface area contributed by atoms with Crippen molar-refractivity contribution in [2.75, 3.05) is 18.5 Å². The maximum absolute atomic E-state index is 11.3. The molecule has 1 radical (unpaired) electrons. The molecule has 1 amide bonds. The van der Waals surface area contributed by atoms with Crippen LogP contribution in [0.2, 0.25) is 0 Å². The lowest BCUT2D eigenvalue weighted by atomic mass is 10.4. The molecule has 1 aliphatic heterocycles. The van der Waals surface area contributed by atoms with Gasteiger partial charge in [0.1, 0.15) is 19.2 Å². The predicted molar refractivity (Wildman–Crippen MR) is 56.4 cm³/mol. The summed E-state index contributed by atoms with van der Waals surface area (Å²) in [4.78, 5) is 15.3. The van der Waals surface area contributed by atoms with Crippen molar-refractivity contribution in [3.05, 3.63) is 31.1 Å². The number of hydrogen-bond donors (Lipinski definition) is 2. The summed E-state index contributed by atoms with van der Waals surface area (Å²) in [7, 11) is 0. The van der Waals surface area contributed by atoms with Gasteiger partial charge in [0, 0.05) is 6.20 Å². The van der Waals surface area contributed by atoms with E-state index in [4.69, 9.17) is 9.47 Å². The molecule has 85 valence electrons. The average molecular weight is 222 g/mol. The molecule has 1 aromatic rings. The monoisotopic (exact) mass is 222 g/mol. The molecule has 1 aliphatic rings. The van der Waals surface area contributed by atoms with E-state index in [0.29, 0.717) is 12.4 Å². The van der Waals surface area contributed by atoms with Gasteiger partial charge in [-0.15, -0.1) is 0 Å². The number of nitrogens with zero attached hydrogens (tertiary/aromatic N) is 1. The zero-order valence-electron chi connectivity index (χ0n) is 8.55. The molecule has 0 aliphatic carbocycles. The molecule has 0 spiro atoms. The number of anilines is 1. The van der Waals surface area contributed by atoms with Crippen molar-refractivity contribution >= 4 is 11.9 Å². The SMILES string of the molecule is O=C(Nc1ccccn1)OCC1CO[CH]N1. The number of carbonyl (C=O) groups is 1. The van der Waals surface area contributed by atoms with Gasteiger partial charge in [-0.3, -0.25) is 10.6 Å². The Morgan fingerprint density at radius 2 is 2.62 bits per heavy atom. The third-order valence-corrected chi connectivity index (χ3v) is 2.00. The van der Waals surface area contributed by atoms with E-state index in [1.54, 1.807) is 24.4 Å². The van der Waals surface area contributed by atoms with Gasteiger partial charge in [0.15, 0.2) is 0 Å². The second kappa shape index (κ2) is 5.43. The van der Waals surface area contributed by atoms with E-state index < -0.39 is 6.09 Å². The summed E-state index contributed by atoms with van der Waals surface area (Å²) >= 11 is 0. The van der Waals surface area contributed by atoms with Crippen molar-refractivity contribution in [2.45, 2.75) is 6.04 Å². The second-order valence-electron chi connectivity index (χ2n) is 3.25. The van der Waals surface area contributed by atoms with Crippen LogP contribution in [-0.2, 0) is 9.47 Å². The number of hydrogen-bond acceptors (Lipinski definition) is 5. The number of amides is 1. The van der Waals surface area contributed by atoms with Crippen LogP contribution in [0, 0.1) is 6.73 Å². The molecule has 1 unspecified atom stereocenters. The van der Waals surface area contributed by atoms with E-state index in [1.807, 2.05) is 0 Å². The van der Waals surface area contributed by atoms with Gasteiger partial charge in [-0.1, -0.05) is 6.07 Å². The maximum Gasteiger partial charge on any atom is 0.412 e. The lowest BCUT2D eigenvalue weighted by molar-refractivity contribution is 0.146. The Hall–Kier alpha value is -1.66. The smallest absolute Gasteiger partial charge is 0.412 e. The van der Waals surface area contributed by atoms with Crippen LogP contribution in [0.25, 0.3) is 0 Å². The van der Waals surface area contributed by atoms with Crippen molar-refractivity contribution in [2.24, 2.45) is 0 Å². The molecule has 1 aromatic heterocycles. The average Bonchev–Trinajstić information content (AvgIpc) is 2.81. The summed E-state index contributed by atoms with van der Waals surface area (Å²) in [5.74, 6) is 0.467. The van der Waals surface area contributed by atoms with Gasteiger partial charge in [-0.05, 0) is 12.1 Å². The zero-order chi connectivity index (χ0) is 11.2. The summed E-state index contributed by atoms with van der Waals surface area (Å²) in [6, 6.07) is 5.26. The van der Waals surface area contributed by atoms with Crippen LogP contribution in [0.1, 0.15) is 0 Å². The molecule has 6 heteroatoms. The summed E-state index contributed by atoms with van der Waals surface area (Å²) < 4.78 is 9.92. The van der Waals surface area contributed by atoms with E-state index in [1.165, 1.54) is 6.73 Å². The molecule has 1 saturated heterocycles. The first-order valence-corrected chi connectivity index (χ1v) is 4.89. The third-order valence-electron chi connectivity index (χ3n) is 2.00. The van der Waals surface area contributed by atoms with Crippen molar-refractivity contribution in [3.63, 3.8) is 0 Å². The highest BCUT2D eigenvalue weighted by atomic mass is 16.6. The number of rotatable bonds is 3. The zero-order valence-corrected chi connectivity index (χ0v) is 8.55. The van der Waals surface area contributed by atoms with Gasteiger partial charge in [0.25, 0.3) is 0 Å². The molecular weight excluding hydrogens is 210 g/mol. The van der Waals surface area contributed by atoms with Gasteiger partial charge in [-0.25, -0.2) is 9.78 Å². The lowest BCUT2D eigenvalue weighted by Crippen LogP contribution is -2.30. The Balaban J connectivity index is 1.72. The largest absolute Gasteiger partial charge is 0.448 e. The van der Waals surface area contributed by atoms with Crippen LogP contribution in [0.4, 0.5) is 10.6 Å². The molecule has 2 rings (SSSR count). The molecule has 0 bridgehead atoms. The van der Waals surface area contributed by atoms with Crippen LogP contribution < -0.4 is 10.6 Å². The summed E-state index contributed by atoms with van der Waals surface area (Å²) in [5, 5.41) is 5.42. The van der Waals surface area contributed by atoms with Gasteiger partial charge in [-0.2, -0.15) is 0 Å². The van der Waals surface area contributed by atoms with E-state index >= 15 is 0 Å². The fraction of sp³-hybridized carbons (Fsp3) is 0.300. The highest BCUT2D eigenvalue weighted by Crippen LogP contribution is 2.02. The standard InChI is InChI=1S/C10H12N3O3/c14-10(13-9-3-1-2-4-11-9)16-6-8-5-15-7-12-8/h1-4,7-8,12H,5-6H2,(H,11,13,14). The van der Waals surface area contributed by atoms with Crippen LogP contribution >= 0.6 is 0 Å². The number of ether oxygens (including phenoxy) is 2. The van der Waals surface area contributed by atoms with Crippen LogP contribution in [0.5, 0.6) is 0 Å². The minimum atomic E-state index is -0.521. The summed E-state index contributed by atoms with van der Waals surface area (Å²) in [6.45, 7) is 2.26. The van der Waals surface area contributed by atoms with Gasteiger partial charge in [0.2, 0.25) is 0 Å². The minimum Gasteiger partial charge on any atom is -0.448 e. The van der Waals surface area contributed by atoms with E-state index in [0.717, 1.165) is 0 Å². The summed E-state index contributed by atoms with van der Waals surface area (Å²) in [6.07, 6.45) is 1.07. The molecule has 0 aromatic carbocycles. The van der Waals surface area contributed by atoms with Crippen LogP contribution in [0.15, 0.2) is 24.4 Å². The highest BCUT2D eigenvalue weighted by Gasteiger charge is 2.17. The molecule has 6 nitrogen and oxygen atoms in total. The second-order valence-corrected chi connectivity index (χ2v) is 3.25. The van der Waals surface area contributed by atoms with Crippen LogP contribution in [-0.4, -0.2) is 30.3 Å². The van der Waals surface area contributed by atoms with Gasteiger partial charge in [0.05, 0.1) is 12.6 Å².